The molecule has 9 nitrogen and oxygen atoms in total. The number of hydrogen-bond donors (Lipinski definition) is 2. The first-order valence-corrected chi connectivity index (χ1v) is 9.98. The Hall–Kier alpha value is -1.69. The summed E-state index contributed by atoms with van der Waals surface area (Å²) in [7, 11) is 1.74. The maximum absolute atomic E-state index is 12.5. The van der Waals surface area contributed by atoms with Gasteiger partial charge in [-0.3, -0.25) is 9.79 Å². The third-order valence-electron chi connectivity index (χ3n) is 5.25. The first kappa shape index (κ1) is 23.6. The first-order valence-electron chi connectivity index (χ1n) is 9.98. The zero-order valence-corrected chi connectivity index (χ0v) is 19.6. The molecular formula is C19H32IN7O2. The smallest absolute Gasteiger partial charge is 0.225 e. The second-order valence-corrected chi connectivity index (χ2v) is 7.42. The van der Waals surface area contributed by atoms with Crippen LogP contribution >= 0.6 is 24.0 Å². The summed E-state index contributed by atoms with van der Waals surface area (Å²) in [5.41, 5.74) is -0.129. The van der Waals surface area contributed by atoms with E-state index in [1.54, 1.807) is 25.5 Å². The molecule has 2 aliphatic heterocycles. The van der Waals surface area contributed by atoms with Gasteiger partial charge in [0, 0.05) is 71.7 Å². The molecule has 0 radical (unpaired) electrons. The van der Waals surface area contributed by atoms with E-state index in [0.29, 0.717) is 38.6 Å². The average molecular weight is 517 g/mol. The maximum Gasteiger partial charge on any atom is 0.225 e. The van der Waals surface area contributed by atoms with Crippen LogP contribution in [0.3, 0.4) is 0 Å². The van der Waals surface area contributed by atoms with Crippen LogP contribution in [-0.4, -0.2) is 85.3 Å². The van der Waals surface area contributed by atoms with E-state index >= 15 is 0 Å². The van der Waals surface area contributed by atoms with Crippen molar-refractivity contribution in [3.63, 3.8) is 0 Å². The normalized spacial score (nSPS) is 22.2. The van der Waals surface area contributed by atoms with Gasteiger partial charge in [-0.2, -0.15) is 0 Å². The van der Waals surface area contributed by atoms with Gasteiger partial charge in [-0.1, -0.05) is 0 Å². The zero-order valence-electron chi connectivity index (χ0n) is 17.3. The van der Waals surface area contributed by atoms with Crippen molar-refractivity contribution in [3.8, 4) is 0 Å². The number of halogens is 1. The van der Waals surface area contributed by atoms with E-state index in [4.69, 9.17) is 4.74 Å². The monoisotopic (exact) mass is 517 g/mol. The van der Waals surface area contributed by atoms with E-state index in [9.17, 15) is 4.79 Å². The molecule has 0 bridgehead atoms. The number of nitrogens with zero attached hydrogens (tertiary/aromatic N) is 5. The van der Waals surface area contributed by atoms with E-state index in [1.807, 2.05) is 4.90 Å². The van der Waals surface area contributed by atoms with Crippen molar-refractivity contribution in [2.24, 2.45) is 4.99 Å². The van der Waals surface area contributed by atoms with Crippen molar-refractivity contribution in [3.05, 3.63) is 18.5 Å². The highest BCUT2D eigenvalue weighted by atomic mass is 127. The molecule has 1 aromatic rings. The van der Waals surface area contributed by atoms with Gasteiger partial charge in [0.05, 0.1) is 5.60 Å². The molecule has 1 aromatic heterocycles. The molecule has 0 spiro atoms. The van der Waals surface area contributed by atoms with Crippen LogP contribution in [-0.2, 0) is 9.53 Å². The Bertz CT molecular complexity index is 660. The quantitative estimate of drug-likeness (QED) is 0.329. The number of hydrogen-bond acceptors (Lipinski definition) is 6. The topological polar surface area (TPSA) is 95.0 Å². The number of nitrogens with one attached hydrogen (secondary N) is 2. The third kappa shape index (κ3) is 6.95. The Morgan fingerprint density at radius 2 is 1.97 bits per heavy atom. The summed E-state index contributed by atoms with van der Waals surface area (Å²) < 4.78 is 5.78. The van der Waals surface area contributed by atoms with Crippen LogP contribution in [0.25, 0.3) is 0 Å². The van der Waals surface area contributed by atoms with Gasteiger partial charge in [0.1, 0.15) is 0 Å². The van der Waals surface area contributed by atoms with E-state index in [-0.39, 0.29) is 35.5 Å². The molecule has 3 heterocycles. The van der Waals surface area contributed by atoms with Gasteiger partial charge in [-0.05, 0) is 25.8 Å². The number of anilines is 1. The first-order chi connectivity index (χ1) is 13.6. The van der Waals surface area contributed by atoms with Gasteiger partial charge in [-0.25, -0.2) is 9.97 Å². The highest BCUT2D eigenvalue weighted by Gasteiger charge is 2.29. The number of rotatable bonds is 6. The number of ether oxygens (including phenoxy) is 1. The summed E-state index contributed by atoms with van der Waals surface area (Å²) in [6.45, 7) is 7.10. The lowest BCUT2D eigenvalue weighted by molar-refractivity contribution is -0.131. The number of carbonyl (C=O) groups is 1. The van der Waals surface area contributed by atoms with E-state index in [0.717, 1.165) is 38.5 Å². The molecule has 2 N–H and O–H groups in total. The lowest BCUT2D eigenvalue weighted by Crippen LogP contribution is -2.50. The second kappa shape index (κ2) is 11.5. The Balaban J connectivity index is 0.00000300. The average Bonchev–Trinajstić information content (AvgIpc) is 3.18. The lowest BCUT2D eigenvalue weighted by atomic mass is 10.0. The molecule has 1 unspecified atom stereocenters. The van der Waals surface area contributed by atoms with Crippen molar-refractivity contribution >= 4 is 41.8 Å². The fourth-order valence-electron chi connectivity index (χ4n) is 3.52. The predicted molar refractivity (Wildman–Crippen MR) is 124 cm³/mol. The Kier molecular flexibility index (Phi) is 9.34. The van der Waals surface area contributed by atoms with Crippen LogP contribution < -0.4 is 15.5 Å². The number of aromatic nitrogens is 2. The summed E-state index contributed by atoms with van der Waals surface area (Å²) >= 11 is 0. The van der Waals surface area contributed by atoms with Crippen molar-refractivity contribution < 1.29 is 9.53 Å². The zero-order chi connectivity index (χ0) is 19.8. The molecular weight excluding hydrogens is 485 g/mol. The van der Waals surface area contributed by atoms with Gasteiger partial charge >= 0.3 is 0 Å². The van der Waals surface area contributed by atoms with Crippen LogP contribution in [0.15, 0.2) is 23.5 Å². The SMILES string of the molecule is CN=C(NCCC(=O)N1CCN(c2ncccn2)CC1)NCC1(C)CCCO1.I. The van der Waals surface area contributed by atoms with Crippen molar-refractivity contribution in [2.75, 3.05) is 57.8 Å². The molecule has 2 fully saturated rings. The number of aliphatic imine (C=N–C) groups is 1. The van der Waals surface area contributed by atoms with E-state index in [1.165, 1.54) is 0 Å². The lowest BCUT2D eigenvalue weighted by Gasteiger charge is -2.34. The highest BCUT2D eigenvalue weighted by molar-refractivity contribution is 14.0. The summed E-state index contributed by atoms with van der Waals surface area (Å²) in [5.74, 6) is 1.59. The van der Waals surface area contributed by atoms with Crippen LogP contribution in [0.2, 0.25) is 0 Å². The number of carbonyl (C=O) groups excluding carboxylic acids is 1. The van der Waals surface area contributed by atoms with Crippen LogP contribution in [0.5, 0.6) is 0 Å². The van der Waals surface area contributed by atoms with Gasteiger partial charge in [-0.15, -0.1) is 24.0 Å². The van der Waals surface area contributed by atoms with Crippen LogP contribution in [0.4, 0.5) is 5.95 Å². The molecule has 29 heavy (non-hydrogen) atoms. The number of amides is 1. The second-order valence-electron chi connectivity index (χ2n) is 7.42. The standard InChI is InChI=1S/C19H31N7O2.HI/c1-19(6-3-14-28-19)15-24-17(20-2)21-9-5-16(27)25-10-12-26(13-11-25)18-22-7-4-8-23-18;/h4,7-8H,3,5-6,9-15H2,1-2H3,(H2,20,21,24);1H. The molecule has 1 atom stereocenters. The van der Waals surface area contributed by atoms with Crippen molar-refractivity contribution in [2.45, 2.75) is 31.8 Å². The summed E-state index contributed by atoms with van der Waals surface area (Å²) in [4.78, 5) is 29.3. The van der Waals surface area contributed by atoms with E-state index in [2.05, 4.69) is 37.4 Å². The minimum absolute atomic E-state index is 0. The molecule has 2 saturated heterocycles. The molecule has 3 rings (SSSR count). The third-order valence-corrected chi connectivity index (χ3v) is 5.25. The molecule has 2 aliphatic rings. The predicted octanol–water partition coefficient (Wildman–Crippen LogP) is 0.867. The summed E-state index contributed by atoms with van der Waals surface area (Å²) in [6.07, 6.45) is 6.07. The van der Waals surface area contributed by atoms with E-state index < -0.39 is 0 Å². The fraction of sp³-hybridized carbons (Fsp3) is 0.684. The van der Waals surface area contributed by atoms with Gasteiger partial charge in [0.25, 0.3) is 0 Å². The number of guanidine groups is 1. The molecule has 0 saturated carbocycles. The van der Waals surface area contributed by atoms with Crippen molar-refractivity contribution in [1.82, 2.24) is 25.5 Å². The molecule has 0 aliphatic carbocycles. The minimum Gasteiger partial charge on any atom is -0.373 e. The largest absolute Gasteiger partial charge is 0.373 e. The highest BCUT2D eigenvalue weighted by Crippen LogP contribution is 2.23. The summed E-state index contributed by atoms with van der Waals surface area (Å²) in [5, 5.41) is 6.52. The molecule has 162 valence electrons. The van der Waals surface area contributed by atoms with Gasteiger partial charge in [0.2, 0.25) is 11.9 Å². The summed E-state index contributed by atoms with van der Waals surface area (Å²) in [6, 6.07) is 1.81. The van der Waals surface area contributed by atoms with Gasteiger partial charge < -0.3 is 25.2 Å². The maximum atomic E-state index is 12.5. The fourth-order valence-corrected chi connectivity index (χ4v) is 3.52. The van der Waals surface area contributed by atoms with Crippen LogP contribution in [0.1, 0.15) is 26.2 Å². The minimum atomic E-state index is -0.129. The molecule has 1 amide bonds. The van der Waals surface area contributed by atoms with Gasteiger partial charge in [0.15, 0.2) is 5.96 Å². The Morgan fingerprint density at radius 1 is 1.24 bits per heavy atom. The van der Waals surface area contributed by atoms with Crippen molar-refractivity contribution in [1.29, 1.82) is 0 Å². The number of piperazine rings is 1. The molecule has 0 aromatic carbocycles. The molecule has 10 heteroatoms. The van der Waals surface area contributed by atoms with Crippen LogP contribution in [0, 0.1) is 0 Å². The Morgan fingerprint density at radius 3 is 2.59 bits per heavy atom. The Labute approximate surface area is 189 Å².